The molecule has 0 radical (unpaired) electrons. The van der Waals surface area contributed by atoms with Gasteiger partial charge in [0.25, 0.3) is 0 Å². The summed E-state index contributed by atoms with van der Waals surface area (Å²) < 4.78 is 38.7. The molecule has 17 heavy (non-hydrogen) atoms. The highest BCUT2D eigenvalue weighted by atomic mass is 19.4. The molecule has 0 aromatic heterocycles. The summed E-state index contributed by atoms with van der Waals surface area (Å²) in [6.45, 7) is 1.81. The normalized spacial score (nSPS) is 29.6. The summed E-state index contributed by atoms with van der Waals surface area (Å²) in [5, 5.41) is 10.5. The Hall–Kier alpha value is -1.03. The molecule has 0 bridgehead atoms. The van der Waals surface area contributed by atoms with Crippen LogP contribution in [0.4, 0.5) is 13.2 Å². The maximum Gasteiger partial charge on any atom is 0.416 e. The predicted molar refractivity (Wildman–Crippen MR) is 58.4 cm³/mol. The highest BCUT2D eigenvalue weighted by Crippen LogP contribution is 2.47. The third kappa shape index (κ3) is 2.06. The SMILES string of the molecule is CC1CCCC1(O)c1ccccc1C(F)(F)F. The van der Waals surface area contributed by atoms with Crippen LogP contribution in [-0.2, 0) is 11.8 Å². The van der Waals surface area contributed by atoms with Crippen molar-refractivity contribution in [2.75, 3.05) is 0 Å². The molecule has 1 aromatic carbocycles. The third-order valence-electron chi connectivity index (χ3n) is 3.71. The van der Waals surface area contributed by atoms with Crippen molar-refractivity contribution in [2.24, 2.45) is 5.92 Å². The zero-order valence-corrected chi connectivity index (χ0v) is 9.59. The average molecular weight is 244 g/mol. The lowest BCUT2D eigenvalue weighted by atomic mass is 9.82. The van der Waals surface area contributed by atoms with E-state index in [1.165, 1.54) is 12.1 Å². The van der Waals surface area contributed by atoms with Crippen LogP contribution in [0.25, 0.3) is 0 Å². The monoisotopic (exact) mass is 244 g/mol. The van der Waals surface area contributed by atoms with E-state index in [0.29, 0.717) is 6.42 Å². The van der Waals surface area contributed by atoms with Gasteiger partial charge in [-0.25, -0.2) is 0 Å². The minimum Gasteiger partial charge on any atom is -0.385 e. The van der Waals surface area contributed by atoms with Gasteiger partial charge in [0.05, 0.1) is 11.2 Å². The Bertz CT molecular complexity index is 413. The first-order valence-corrected chi connectivity index (χ1v) is 5.75. The summed E-state index contributed by atoms with van der Waals surface area (Å²) in [7, 11) is 0. The highest BCUT2D eigenvalue weighted by molar-refractivity contribution is 5.35. The van der Waals surface area contributed by atoms with Gasteiger partial charge in [-0.05, 0) is 36.8 Å². The van der Waals surface area contributed by atoms with Crippen LogP contribution in [0.1, 0.15) is 37.3 Å². The number of hydrogen-bond donors (Lipinski definition) is 1. The first-order valence-electron chi connectivity index (χ1n) is 5.75. The molecule has 2 rings (SSSR count). The summed E-state index contributed by atoms with van der Waals surface area (Å²) in [4.78, 5) is 0. The van der Waals surface area contributed by atoms with Gasteiger partial charge in [0, 0.05) is 0 Å². The molecule has 1 aromatic rings. The second-order valence-corrected chi connectivity index (χ2v) is 4.76. The summed E-state index contributed by atoms with van der Waals surface area (Å²) in [5.74, 6) is -0.133. The van der Waals surface area contributed by atoms with Crippen LogP contribution in [0.15, 0.2) is 24.3 Å². The van der Waals surface area contributed by atoms with Gasteiger partial charge < -0.3 is 5.11 Å². The van der Waals surface area contributed by atoms with Gasteiger partial charge in [-0.15, -0.1) is 0 Å². The van der Waals surface area contributed by atoms with E-state index >= 15 is 0 Å². The molecule has 0 saturated heterocycles. The van der Waals surface area contributed by atoms with E-state index in [1.54, 1.807) is 13.0 Å². The lowest BCUT2D eigenvalue weighted by Crippen LogP contribution is -2.31. The molecule has 0 amide bonds. The van der Waals surface area contributed by atoms with Crippen molar-refractivity contribution in [1.29, 1.82) is 0 Å². The number of halogens is 3. The Morgan fingerprint density at radius 1 is 1.29 bits per heavy atom. The van der Waals surface area contributed by atoms with Gasteiger partial charge in [0.15, 0.2) is 0 Å². The van der Waals surface area contributed by atoms with Crippen molar-refractivity contribution >= 4 is 0 Å². The largest absolute Gasteiger partial charge is 0.416 e. The quantitative estimate of drug-likeness (QED) is 0.798. The molecule has 1 nitrogen and oxygen atoms in total. The van der Waals surface area contributed by atoms with Crippen LogP contribution in [-0.4, -0.2) is 5.11 Å². The van der Waals surface area contributed by atoms with Gasteiger partial charge >= 0.3 is 6.18 Å². The Morgan fingerprint density at radius 3 is 2.47 bits per heavy atom. The molecule has 1 fully saturated rings. The lowest BCUT2D eigenvalue weighted by molar-refractivity contribution is -0.141. The van der Waals surface area contributed by atoms with Gasteiger partial charge in [-0.2, -0.15) is 13.2 Å². The number of rotatable bonds is 1. The van der Waals surface area contributed by atoms with E-state index in [0.717, 1.165) is 18.9 Å². The topological polar surface area (TPSA) is 20.2 Å². The lowest BCUT2D eigenvalue weighted by Gasteiger charge is -2.30. The Kier molecular flexibility index (Phi) is 2.94. The smallest absolute Gasteiger partial charge is 0.385 e. The van der Waals surface area contributed by atoms with E-state index in [4.69, 9.17) is 0 Å². The average Bonchev–Trinajstić information content (AvgIpc) is 2.59. The number of hydrogen-bond acceptors (Lipinski definition) is 1. The molecule has 0 aliphatic heterocycles. The summed E-state index contributed by atoms with van der Waals surface area (Å²) >= 11 is 0. The number of benzene rings is 1. The van der Waals surface area contributed by atoms with Crippen LogP contribution in [0.2, 0.25) is 0 Å². The summed E-state index contributed by atoms with van der Waals surface area (Å²) in [5.41, 5.74) is -2.01. The second kappa shape index (κ2) is 4.02. The fourth-order valence-corrected chi connectivity index (χ4v) is 2.67. The number of alkyl halides is 3. The van der Waals surface area contributed by atoms with Crippen molar-refractivity contribution in [3.63, 3.8) is 0 Å². The molecule has 2 unspecified atom stereocenters. The van der Waals surface area contributed by atoms with E-state index in [1.807, 2.05) is 0 Å². The number of aliphatic hydroxyl groups is 1. The molecule has 0 heterocycles. The van der Waals surface area contributed by atoms with E-state index in [2.05, 4.69) is 0 Å². The predicted octanol–water partition coefficient (Wildman–Crippen LogP) is 3.71. The van der Waals surface area contributed by atoms with Crippen LogP contribution in [0.3, 0.4) is 0 Å². The minimum atomic E-state index is -4.41. The fraction of sp³-hybridized carbons (Fsp3) is 0.538. The molecule has 0 spiro atoms. The Morgan fingerprint density at radius 2 is 1.94 bits per heavy atom. The van der Waals surface area contributed by atoms with E-state index < -0.39 is 17.3 Å². The van der Waals surface area contributed by atoms with E-state index in [9.17, 15) is 18.3 Å². The molecule has 4 heteroatoms. The van der Waals surface area contributed by atoms with Crippen LogP contribution >= 0.6 is 0 Å². The van der Waals surface area contributed by atoms with Gasteiger partial charge in [0.1, 0.15) is 0 Å². The third-order valence-corrected chi connectivity index (χ3v) is 3.71. The van der Waals surface area contributed by atoms with Crippen molar-refractivity contribution < 1.29 is 18.3 Å². The standard InChI is InChI=1S/C13H15F3O/c1-9-5-4-8-12(9,17)10-6-2-3-7-11(10)13(14,15)16/h2-3,6-7,9,17H,4-5,8H2,1H3. The van der Waals surface area contributed by atoms with Crippen molar-refractivity contribution in [2.45, 2.75) is 38.0 Å². The molecule has 1 N–H and O–H groups in total. The first-order chi connectivity index (χ1) is 7.86. The molecule has 1 aliphatic carbocycles. The van der Waals surface area contributed by atoms with Crippen LogP contribution < -0.4 is 0 Å². The zero-order chi connectivity index (χ0) is 12.7. The Balaban J connectivity index is 2.52. The molecule has 94 valence electrons. The van der Waals surface area contributed by atoms with Crippen molar-refractivity contribution in [3.8, 4) is 0 Å². The maximum absolute atomic E-state index is 12.9. The maximum atomic E-state index is 12.9. The summed E-state index contributed by atoms with van der Waals surface area (Å²) in [6, 6.07) is 5.34. The van der Waals surface area contributed by atoms with Crippen molar-refractivity contribution in [3.05, 3.63) is 35.4 Å². The molecule has 1 saturated carbocycles. The first kappa shape index (κ1) is 12.4. The molecular formula is C13H15F3O. The Labute approximate surface area is 98.3 Å². The highest BCUT2D eigenvalue weighted by Gasteiger charge is 2.45. The molecule has 2 atom stereocenters. The fourth-order valence-electron chi connectivity index (χ4n) is 2.67. The van der Waals surface area contributed by atoms with Gasteiger partial charge in [-0.1, -0.05) is 25.1 Å². The second-order valence-electron chi connectivity index (χ2n) is 4.76. The van der Waals surface area contributed by atoms with Gasteiger partial charge in [-0.3, -0.25) is 0 Å². The molecular weight excluding hydrogens is 229 g/mol. The van der Waals surface area contributed by atoms with Crippen LogP contribution in [0, 0.1) is 5.92 Å². The van der Waals surface area contributed by atoms with Gasteiger partial charge in [0.2, 0.25) is 0 Å². The van der Waals surface area contributed by atoms with Crippen molar-refractivity contribution in [1.82, 2.24) is 0 Å². The summed E-state index contributed by atoms with van der Waals surface area (Å²) in [6.07, 6.45) is -2.47. The molecule has 1 aliphatic rings. The zero-order valence-electron chi connectivity index (χ0n) is 9.59. The minimum absolute atomic E-state index is 0.0255. The van der Waals surface area contributed by atoms with Crippen LogP contribution in [0.5, 0.6) is 0 Å². The van der Waals surface area contributed by atoms with E-state index in [-0.39, 0.29) is 11.5 Å².